The van der Waals surface area contributed by atoms with Gasteiger partial charge in [-0.1, -0.05) is 20.3 Å². The Morgan fingerprint density at radius 2 is 2.19 bits per heavy atom. The van der Waals surface area contributed by atoms with Crippen LogP contribution in [0.4, 0.5) is 5.82 Å². The largest absolute Gasteiger partial charge is 0.366 e. The van der Waals surface area contributed by atoms with Gasteiger partial charge in [-0.2, -0.15) is 10.4 Å². The molecule has 1 atom stereocenters. The highest BCUT2D eigenvalue weighted by Gasteiger charge is 2.15. The number of nitriles is 1. The molecular weight excluding hydrogens is 200 g/mol. The second-order valence-corrected chi connectivity index (χ2v) is 4.08. The van der Waals surface area contributed by atoms with E-state index in [4.69, 9.17) is 5.26 Å². The molecule has 0 aliphatic heterocycles. The Labute approximate surface area is 97.3 Å². The van der Waals surface area contributed by atoms with Crippen molar-refractivity contribution in [3.63, 3.8) is 0 Å². The molecule has 1 heterocycles. The number of nitrogens with zero attached hydrogens (tertiary/aromatic N) is 3. The Kier molecular flexibility index (Phi) is 4.36. The molecule has 0 spiro atoms. The fourth-order valence-electron chi connectivity index (χ4n) is 1.88. The van der Waals surface area contributed by atoms with Crippen LogP contribution in [-0.4, -0.2) is 15.8 Å². The van der Waals surface area contributed by atoms with Crippen molar-refractivity contribution in [1.29, 1.82) is 5.26 Å². The van der Waals surface area contributed by atoms with E-state index < -0.39 is 0 Å². The molecule has 1 unspecified atom stereocenters. The summed E-state index contributed by atoms with van der Waals surface area (Å²) in [4.78, 5) is 0. The van der Waals surface area contributed by atoms with Gasteiger partial charge in [-0.15, -0.1) is 0 Å². The first kappa shape index (κ1) is 12.6. The van der Waals surface area contributed by atoms with E-state index in [0.29, 0.717) is 11.6 Å². The first-order valence-electron chi connectivity index (χ1n) is 5.84. The average molecular weight is 220 g/mol. The monoisotopic (exact) mass is 220 g/mol. The van der Waals surface area contributed by atoms with Crippen LogP contribution in [-0.2, 0) is 7.05 Å². The summed E-state index contributed by atoms with van der Waals surface area (Å²) in [6, 6.07) is 2.63. The van der Waals surface area contributed by atoms with Gasteiger partial charge < -0.3 is 5.32 Å². The Morgan fingerprint density at radius 3 is 2.69 bits per heavy atom. The van der Waals surface area contributed by atoms with Crippen LogP contribution in [0, 0.1) is 18.3 Å². The van der Waals surface area contributed by atoms with Crippen molar-refractivity contribution in [2.75, 3.05) is 5.32 Å². The molecule has 0 saturated carbocycles. The van der Waals surface area contributed by atoms with Crippen molar-refractivity contribution in [3.05, 3.63) is 11.3 Å². The Balaban J connectivity index is 2.91. The molecule has 0 bridgehead atoms. The maximum absolute atomic E-state index is 9.08. The fraction of sp³-hybridized carbons (Fsp3) is 0.667. The quantitative estimate of drug-likeness (QED) is 0.829. The van der Waals surface area contributed by atoms with Crippen molar-refractivity contribution >= 4 is 5.82 Å². The van der Waals surface area contributed by atoms with Gasteiger partial charge in [0.25, 0.3) is 0 Å². The molecule has 0 amide bonds. The van der Waals surface area contributed by atoms with Crippen molar-refractivity contribution in [1.82, 2.24) is 9.78 Å². The normalized spacial score (nSPS) is 12.2. The second kappa shape index (κ2) is 5.55. The highest BCUT2D eigenvalue weighted by molar-refractivity contribution is 5.55. The molecular formula is C12H20N4. The van der Waals surface area contributed by atoms with Crippen LogP contribution in [0.25, 0.3) is 0 Å². The van der Waals surface area contributed by atoms with Gasteiger partial charge in [-0.3, -0.25) is 4.68 Å². The van der Waals surface area contributed by atoms with E-state index in [1.165, 1.54) is 0 Å². The lowest BCUT2D eigenvalue weighted by molar-refractivity contribution is 0.611. The topological polar surface area (TPSA) is 53.6 Å². The van der Waals surface area contributed by atoms with Gasteiger partial charge in [0.05, 0.1) is 5.69 Å². The van der Waals surface area contributed by atoms with Gasteiger partial charge in [0, 0.05) is 13.1 Å². The number of nitrogens with one attached hydrogen (secondary N) is 1. The number of anilines is 1. The molecule has 0 saturated heterocycles. The molecule has 1 aromatic rings. The average Bonchev–Trinajstić information content (AvgIpc) is 2.52. The molecule has 4 nitrogen and oxygen atoms in total. The van der Waals surface area contributed by atoms with Crippen LogP contribution in [0.3, 0.4) is 0 Å². The molecule has 88 valence electrons. The summed E-state index contributed by atoms with van der Waals surface area (Å²) in [7, 11) is 1.87. The third-order valence-electron chi connectivity index (χ3n) is 2.80. The third-order valence-corrected chi connectivity index (χ3v) is 2.80. The molecule has 0 aromatic carbocycles. The molecule has 1 N–H and O–H groups in total. The van der Waals surface area contributed by atoms with Gasteiger partial charge in [0.1, 0.15) is 17.5 Å². The van der Waals surface area contributed by atoms with Crippen molar-refractivity contribution < 1.29 is 0 Å². The zero-order valence-corrected chi connectivity index (χ0v) is 10.5. The van der Waals surface area contributed by atoms with Gasteiger partial charge >= 0.3 is 0 Å². The summed E-state index contributed by atoms with van der Waals surface area (Å²) in [5.41, 5.74) is 1.45. The molecule has 0 aliphatic carbocycles. The lowest BCUT2D eigenvalue weighted by Crippen LogP contribution is -2.20. The smallest absolute Gasteiger partial charge is 0.142 e. The third kappa shape index (κ3) is 2.54. The first-order chi connectivity index (χ1) is 7.63. The molecule has 1 rings (SSSR count). The van der Waals surface area contributed by atoms with Crippen LogP contribution < -0.4 is 5.32 Å². The maximum atomic E-state index is 9.08. The standard InChI is InChI=1S/C12H20N4/c1-5-7-10(6-2)14-12-11(8-13)9(3)15-16(12)4/h10,14H,5-7H2,1-4H3. The summed E-state index contributed by atoms with van der Waals surface area (Å²) >= 11 is 0. The lowest BCUT2D eigenvalue weighted by atomic mass is 10.1. The van der Waals surface area contributed by atoms with Gasteiger partial charge in [0.15, 0.2) is 0 Å². The second-order valence-electron chi connectivity index (χ2n) is 4.08. The summed E-state index contributed by atoms with van der Waals surface area (Å²) in [6.45, 7) is 6.19. The minimum absolute atomic E-state index is 0.423. The summed E-state index contributed by atoms with van der Waals surface area (Å²) in [6.07, 6.45) is 3.32. The molecule has 1 aromatic heterocycles. The van der Waals surface area contributed by atoms with E-state index in [1.807, 2.05) is 14.0 Å². The van der Waals surface area contributed by atoms with Gasteiger partial charge in [-0.25, -0.2) is 0 Å². The van der Waals surface area contributed by atoms with Crippen molar-refractivity contribution in [2.24, 2.45) is 7.05 Å². The van der Waals surface area contributed by atoms with E-state index in [2.05, 4.69) is 30.3 Å². The van der Waals surface area contributed by atoms with Crippen molar-refractivity contribution in [3.8, 4) is 6.07 Å². The Bertz CT molecular complexity index is 386. The number of hydrogen-bond donors (Lipinski definition) is 1. The summed E-state index contributed by atoms with van der Waals surface area (Å²) in [5, 5.41) is 16.8. The summed E-state index contributed by atoms with van der Waals surface area (Å²) < 4.78 is 1.76. The Morgan fingerprint density at radius 1 is 1.50 bits per heavy atom. The van der Waals surface area contributed by atoms with Crippen LogP contribution in [0.2, 0.25) is 0 Å². The highest BCUT2D eigenvalue weighted by atomic mass is 15.3. The first-order valence-corrected chi connectivity index (χ1v) is 5.84. The van der Waals surface area contributed by atoms with E-state index in [1.54, 1.807) is 4.68 Å². The number of rotatable bonds is 5. The number of aromatic nitrogens is 2. The summed E-state index contributed by atoms with van der Waals surface area (Å²) in [5.74, 6) is 0.848. The zero-order chi connectivity index (χ0) is 12.1. The predicted octanol–water partition coefficient (Wildman–Crippen LogP) is 2.59. The molecule has 0 aliphatic rings. The van der Waals surface area contributed by atoms with E-state index in [0.717, 1.165) is 30.8 Å². The van der Waals surface area contributed by atoms with Crippen molar-refractivity contribution in [2.45, 2.75) is 46.1 Å². The maximum Gasteiger partial charge on any atom is 0.142 e. The van der Waals surface area contributed by atoms with Gasteiger partial charge in [-0.05, 0) is 19.8 Å². The van der Waals surface area contributed by atoms with E-state index in [9.17, 15) is 0 Å². The SMILES string of the molecule is CCCC(CC)Nc1c(C#N)c(C)nn1C. The van der Waals surface area contributed by atoms with E-state index in [-0.39, 0.29) is 0 Å². The van der Waals surface area contributed by atoms with Crippen LogP contribution in [0.1, 0.15) is 44.4 Å². The number of hydrogen-bond acceptors (Lipinski definition) is 3. The van der Waals surface area contributed by atoms with Crippen LogP contribution >= 0.6 is 0 Å². The fourth-order valence-corrected chi connectivity index (χ4v) is 1.88. The molecule has 4 heteroatoms. The molecule has 0 radical (unpaired) electrons. The minimum atomic E-state index is 0.423. The van der Waals surface area contributed by atoms with Gasteiger partial charge in [0.2, 0.25) is 0 Å². The van der Waals surface area contributed by atoms with Crippen LogP contribution in [0.5, 0.6) is 0 Å². The van der Waals surface area contributed by atoms with Crippen LogP contribution in [0.15, 0.2) is 0 Å². The highest BCUT2D eigenvalue weighted by Crippen LogP contribution is 2.20. The molecule has 16 heavy (non-hydrogen) atoms. The lowest BCUT2D eigenvalue weighted by Gasteiger charge is -2.17. The predicted molar refractivity (Wildman–Crippen MR) is 65.3 cm³/mol. The minimum Gasteiger partial charge on any atom is -0.366 e. The molecule has 0 fully saturated rings. The zero-order valence-electron chi connectivity index (χ0n) is 10.5. The van der Waals surface area contributed by atoms with E-state index >= 15 is 0 Å². The number of aryl methyl sites for hydroxylation is 2. The Hall–Kier alpha value is -1.50.